The summed E-state index contributed by atoms with van der Waals surface area (Å²) in [5.74, 6) is -0.260. The SMILES string of the molecule is Cn1cnc2cc(C(=O)Nc3ccc4c(c3)N(S(C)(=O)=O)CCC4)ccc21. The highest BCUT2D eigenvalue weighted by Crippen LogP contribution is 2.31. The number of benzene rings is 2. The van der Waals surface area contributed by atoms with Gasteiger partial charge in [-0.15, -0.1) is 0 Å². The fraction of sp³-hybridized carbons (Fsp3) is 0.263. The molecule has 1 aliphatic heterocycles. The maximum atomic E-state index is 12.6. The molecule has 27 heavy (non-hydrogen) atoms. The van der Waals surface area contributed by atoms with Crippen LogP contribution in [0.5, 0.6) is 0 Å². The van der Waals surface area contributed by atoms with E-state index in [-0.39, 0.29) is 5.91 Å². The molecule has 0 saturated heterocycles. The van der Waals surface area contributed by atoms with Crippen molar-refractivity contribution in [3.8, 4) is 0 Å². The minimum atomic E-state index is -3.35. The van der Waals surface area contributed by atoms with E-state index in [9.17, 15) is 13.2 Å². The molecule has 8 heteroatoms. The Hall–Kier alpha value is -2.87. The first-order valence-electron chi connectivity index (χ1n) is 8.66. The molecular formula is C19H20N4O3S. The van der Waals surface area contributed by atoms with E-state index in [1.54, 1.807) is 24.5 Å². The van der Waals surface area contributed by atoms with Gasteiger partial charge in [-0.3, -0.25) is 9.10 Å². The Bertz CT molecular complexity index is 1150. The van der Waals surface area contributed by atoms with Crippen molar-refractivity contribution in [1.29, 1.82) is 0 Å². The van der Waals surface area contributed by atoms with E-state index in [1.807, 2.05) is 29.8 Å². The van der Waals surface area contributed by atoms with Crippen LogP contribution < -0.4 is 9.62 Å². The summed E-state index contributed by atoms with van der Waals surface area (Å²) < 4.78 is 27.4. The lowest BCUT2D eigenvalue weighted by molar-refractivity contribution is 0.102. The number of anilines is 2. The zero-order chi connectivity index (χ0) is 19.2. The first-order valence-corrected chi connectivity index (χ1v) is 10.5. The van der Waals surface area contributed by atoms with Gasteiger partial charge >= 0.3 is 0 Å². The minimum Gasteiger partial charge on any atom is -0.334 e. The minimum absolute atomic E-state index is 0.260. The molecule has 4 rings (SSSR count). The highest BCUT2D eigenvalue weighted by Gasteiger charge is 2.24. The number of rotatable bonds is 3. The summed E-state index contributed by atoms with van der Waals surface area (Å²) >= 11 is 0. The highest BCUT2D eigenvalue weighted by molar-refractivity contribution is 7.92. The third-order valence-electron chi connectivity index (χ3n) is 4.81. The summed E-state index contributed by atoms with van der Waals surface area (Å²) in [5, 5.41) is 2.86. The van der Waals surface area contributed by atoms with Crippen LogP contribution in [0, 0.1) is 0 Å². The van der Waals surface area contributed by atoms with Crippen molar-refractivity contribution >= 4 is 38.3 Å². The Labute approximate surface area is 157 Å². The lowest BCUT2D eigenvalue weighted by Gasteiger charge is -2.29. The first kappa shape index (κ1) is 17.5. The van der Waals surface area contributed by atoms with Crippen LogP contribution in [-0.2, 0) is 23.5 Å². The van der Waals surface area contributed by atoms with Crippen LogP contribution in [0.3, 0.4) is 0 Å². The number of hydrogen-bond donors (Lipinski definition) is 1. The quantitative estimate of drug-likeness (QED) is 0.752. The number of hydrogen-bond acceptors (Lipinski definition) is 4. The van der Waals surface area contributed by atoms with E-state index < -0.39 is 10.0 Å². The molecule has 1 aliphatic rings. The monoisotopic (exact) mass is 384 g/mol. The van der Waals surface area contributed by atoms with Crippen molar-refractivity contribution in [2.45, 2.75) is 12.8 Å². The molecule has 1 amide bonds. The van der Waals surface area contributed by atoms with Crippen molar-refractivity contribution in [1.82, 2.24) is 9.55 Å². The topological polar surface area (TPSA) is 84.3 Å². The lowest BCUT2D eigenvalue weighted by Crippen LogP contribution is -2.34. The average Bonchev–Trinajstić information content (AvgIpc) is 3.00. The maximum absolute atomic E-state index is 12.6. The molecule has 2 heterocycles. The zero-order valence-electron chi connectivity index (χ0n) is 15.1. The van der Waals surface area contributed by atoms with Gasteiger partial charge in [0, 0.05) is 24.8 Å². The van der Waals surface area contributed by atoms with Crippen LogP contribution >= 0.6 is 0 Å². The van der Waals surface area contributed by atoms with Crippen LogP contribution in [0.15, 0.2) is 42.7 Å². The fourth-order valence-electron chi connectivity index (χ4n) is 3.44. The second-order valence-corrected chi connectivity index (χ2v) is 8.70. The fourth-order valence-corrected chi connectivity index (χ4v) is 4.43. The molecule has 1 N–H and O–H groups in total. The summed E-state index contributed by atoms with van der Waals surface area (Å²) in [6.07, 6.45) is 4.52. The van der Waals surface area contributed by atoms with Crippen molar-refractivity contribution in [3.05, 3.63) is 53.9 Å². The van der Waals surface area contributed by atoms with E-state index >= 15 is 0 Å². The highest BCUT2D eigenvalue weighted by atomic mass is 32.2. The predicted octanol–water partition coefficient (Wildman–Crippen LogP) is 2.54. The molecule has 0 atom stereocenters. The first-order chi connectivity index (χ1) is 12.8. The van der Waals surface area contributed by atoms with E-state index in [2.05, 4.69) is 10.3 Å². The molecule has 1 aromatic heterocycles. The van der Waals surface area contributed by atoms with Gasteiger partial charge in [-0.2, -0.15) is 0 Å². The summed E-state index contributed by atoms with van der Waals surface area (Å²) in [6, 6.07) is 10.8. The zero-order valence-corrected chi connectivity index (χ0v) is 16.0. The Balaban J connectivity index is 1.63. The second-order valence-electron chi connectivity index (χ2n) is 6.80. The van der Waals surface area contributed by atoms with Crippen LogP contribution in [0.2, 0.25) is 0 Å². The number of carbonyl (C=O) groups excluding carboxylic acids is 1. The van der Waals surface area contributed by atoms with Gasteiger partial charge in [-0.1, -0.05) is 6.07 Å². The number of carbonyl (C=O) groups is 1. The van der Waals surface area contributed by atoms with E-state index in [4.69, 9.17) is 0 Å². The van der Waals surface area contributed by atoms with Crippen molar-refractivity contribution < 1.29 is 13.2 Å². The van der Waals surface area contributed by atoms with Crippen LogP contribution in [0.25, 0.3) is 11.0 Å². The number of amides is 1. The van der Waals surface area contributed by atoms with E-state index in [1.165, 1.54) is 10.6 Å². The molecule has 3 aromatic rings. The number of nitrogens with zero attached hydrogens (tertiary/aromatic N) is 3. The molecule has 0 unspecified atom stereocenters. The van der Waals surface area contributed by atoms with Crippen molar-refractivity contribution in [2.75, 3.05) is 22.4 Å². The van der Waals surface area contributed by atoms with Gasteiger partial charge in [0.1, 0.15) is 0 Å². The molecule has 0 radical (unpaired) electrons. The van der Waals surface area contributed by atoms with E-state index in [0.29, 0.717) is 23.5 Å². The number of aryl methyl sites for hydroxylation is 2. The molecule has 0 spiro atoms. The van der Waals surface area contributed by atoms with Gasteiger partial charge in [0.2, 0.25) is 10.0 Å². The average molecular weight is 384 g/mol. The number of imidazole rings is 1. The Morgan fingerprint density at radius 2 is 2.00 bits per heavy atom. The molecule has 0 fully saturated rings. The van der Waals surface area contributed by atoms with E-state index in [0.717, 1.165) is 29.4 Å². The van der Waals surface area contributed by atoms with Gasteiger partial charge in [0.25, 0.3) is 5.91 Å². The van der Waals surface area contributed by atoms with Crippen LogP contribution in [-0.4, -0.2) is 36.7 Å². The van der Waals surface area contributed by atoms with Crippen molar-refractivity contribution in [2.24, 2.45) is 7.05 Å². The van der Waals surface area contributed by atoms with Crippen LogP contribution in [0.1, 0.15) is 22.3 Å². The summed E-state index contributed by atoms with van der Waals surface area (Å²) in [7, 11) is -1.45. The third-order valence-corrected chi connectivity index (χ3v) is 5.99. The van der Waals surface area contributed by atoms with Gasteiger partial charge in [0.15, 0.2) is 0 Å². The van der Waals surface area contributed by atoms with Gasteiger partial charge in [-0.05, 0) is 48.7 Å². The molecule has 2 aromatic carbocycles. The Morgan fingerprint density at radius 3 is 2.78 bits per heavy atom. The second kappa shape index (κ2) is 6.38. The smallest absolute Gasteiger partial charge is 0.255 e. The largest absolute Gasteiger partial charge is 0.334 e. The summed E-state index contributed by atoms with van der Waals surface area (Å²) in [6.45, 7) is 0.458. The molecule has 140 valence electrons. The van der Waals surface area contributed by atoms with Gasteiger partial charge < -0.3 is 9.88 Å². The number of sulfonamides is 1. The van der Waals surface area contributed by atoms with Crippen molar-refractivity contribution in [3.63, 3.8) is 0 Å². The summed E-state index contributed by atoms with van der Waals surface area (Å²) in [4.78, 5) is 16.9. The molecule has 0 bridgehead atoms. The third kappa shape index (κ3) is 3.28. The number of nitrogens with one attached hydrogen (secondary N) is 1. The Morgan fingerprint density at radius 1 is 1.19 bits per heavy atom. The summed E-state index contributed by atoms with van der Waals surface area (Å²) in [5.41, 5.74) is 4.37. The molecule has 0 aliphatic carbocycles. The number of aromatic nitrogens is 2. The predicted molar refractivity (Wildman–Crippen MR) is 106 cm³/mol. The van der Waals surface area contributed by atoms with Gasteiger partial charge in [-0.25, -0.2) is 13.4 Å². The maximum Gasteiger partial charge on any atom is 0.255 e. The van der Waals surface area contributed by atoms with Crippen LogP contribution in [0.4, 0.5) is 11.4 Å². The molecular weight excluding hydrogens is 364 g/mol. The normalized spacial score (nSPS) is 14.2. The molecule has 7 nitrogen and oxygen atoms in total. The Kier molecular flexibility index (Phi) is 4.15. The number of fused-ring (bicyclic) bond motifs is 2. The molecule has 0 saturated carbocycles. The standard InChI is InChI=1S/C19H20N4O3S/c1-22-12-20-16-10-14(6-8-17(16)22)19(24)21-15-7-5-13-4-3-9-23(18(13)11-15)27(2,25)26/h5-8,10-12H,3-4,9H2,1-2H3,(H,21,24). The van der Waals surface area contributed by atoms with Gasteiger partial charge in [0.05, 0.1) is 29.3 Å². The lowest BCUT2D eigenvalue weighted by atomic mass is 10.0.